The number of carbonyl (C=O) groups excluding carboxylic acids is 2. The number of hydrogen-bond acceptors (Lipinski definition) is 8. The zero-order valence-corrected chi connectivity index (χ0v) is 21.8. The maximum atomic E-state index is 13.4. The smallest absolute Gasteiger partial charge is 0.410 e. The maximum Gasteiger partial charge on any atom is 0.410 e. The number of carbonyl (C=O) groups is 2. The molecule has 0 saturated carbocycles. The summed E-state index contributed by atoms with van der Waals surface area (Å²) >= 11 is 0. The number of benzene rings is 1. The molecule has 1 aromatic rings. The predicted molar refractivity (Wildman–Crippen MR) is 132 cm³/mol. The first-order valence-corrected chi connectivity index (χ1v) is 14.0. The molecular formula is C24H36N4O7S. The minimum absolute atomic E-state index is 0.108. The number of piperidine rings is 1. The van der Waals surface area contributed by atoms with Crippen molar-refractivity contribution in [1.29, 1.82) is 0 Å². The Bertz CT molecular complexity index is 1060. The summed E-state index contributed by atoms with van der Waals surface area (Å²) < 4.78 is 38.9. The molecule has 0 radical (unpaired) electrons. The molecule has 3 aliphatic heterocycles. The van der Waals surface area contributed by atoms with Gasteiger partial charge < -0.3 is 19.3 Å². The van der Waals surface area contributed by atoms with Gasteiger partial charge in [0.1, 0.15) is 6.10 Å². The van der Waals surface area contributed by atoms with Crippen molar-refractivity contribution in [3.8, 4) is 0 Å². The lowest BCUT2D eigenvalue weighted by Gasteiger charge is -2.41. The average molecular weight is 525 g/mol. The largest absolute Gasteiger partial charge is 0.444 e. The van der Waals surface area contributed by atoms with E-state index in [-0.39, 0.29) is 32.0 Å². The van der Waals surface area contributed by atoms with Gasteiger partial charge in [-0.3, -0.25) is 10.0 Å². The molecular weight excluding hydrogens is 488 g/mol. The molecule has 3 fully saturated rings. The van der Waals surface area contributed by atoms with Gasteiger partial charge in [-0.1, -0.05) is 12.1 Å². The van der Waals surface area contributed by atoms with Crippen LogP contribution in [0.3, 0.4) is 0 Å². The van der Waals surface area contributed by atoms with Crippen molar-refractivity contribution in [2.75, 3.05) is 63.1 Å². The normalized spacial score (nSPS) is 22.9. The highest BCUT2D eigenvalue weighted by Gasteiger charge is 2.47. The molecule has 0 aromatic heterocycles. The molecule has 2 amide bonds. The summed E-state index contributed by atoms with van der Waals surface area (Å²) in [6.45, 7) is 7.09. The first-order chi connectivity index (χ1) is 17.1. The SMILES string of the molecule is Cc1cccc(N2CCN(S(=O)(=O)CC3(C(=O)NO)CCN(C(=O)O[C@H]4CCOC4)CC3)CC2)c1C. The van der Waals surface area contributed by atoms with Gasteiger partial charge in [-0.15, -0.1) is 0 Å². The molecule has 2 N–H and O–H groups in total. The molecule has 12 heteroatoms. The minimum Gasteiger partial charge on any atom is -0.444 e. The highest BCUT2D eigenvalue weighted by Crippen LogP contribution is 2.35. The number of nitrogens with zero attached hydrogens (tertiary/aromatic N) is 3. The van der Waals surface area contributed by atoms with Crippen LogP contribution in [0.15, 0.2) is 18.2 Å². The second-order valence-electron chi connectivity index (χ2n) is 9.94. The first-order valence-electron chi connectivity index (χ1n) is 12.4. The van der Waals surface area contributed by atoms with Crippen LogP contribution in [0.5, 0.6) is 0 Å². The Morgan fingerprint density at radius 1 is 1.14 bits per heavy atom. The highest BCUT2D eigenvalue weighted by molar-refractivity contribution is 7.89. The Labute approximate surface area is 212 Å². The molecule has 200 valence electrons. The third-order valence-electron chi connectivity index (χ3n) is 7.72. The number of anilines is 1. The van der Waals surface area contributed by atoms with Crippen LogP contribution in [0.4, 0.5) is 10.5 Å². The van der Waals surface area contributed by atoms with E-state index in [1.165, 1.54) is 20.3 Å². The van der Waals surface area contributed by atoms with Crippen LogP contribution in [-0.4, -0.2) is 99.2 Å². The molecule has 1 aromatic carbocycles. The van der Waals surface area contributed by atoms with E-state index in [0.29, 0.717) is 45.8 Å². The lowest BCUT2D eigenvalue weighted by Crippen LogP contribution is -2.56. The average Bonchev–Trinajstić information content (AvgIpc) is 3.38. The van der Waals surface area contributed by atoms with Crippen LogP contribution in [0.25, 0.3) is 0 Å². The quantitative estimate of drug-likeness (QED) is 0.421. The summed E-state index contributed by atoms with van der Waals surface area (Å²) in [6.07, 6.45) is 0.0848. The van der Waals surface area contributed by atoms with Crippen LogP contribution in [0, 0.1) is 19.3 Å². The monoisotopic (exact) mass is 524 g/mol. The summed E-state index contributed by atoms with van der Waals surface area (Å²) in [5.74, 6) is -1.16. The summed E-state index contributed by atoms with van der Waals surface area (Å²) in [4.78, 5) is 28.9. The predicted octanol–water partition coefficient (Wildman–Crippen LogP) is 1.27. The fourth-order valence-corrected chi connectivity index (χ4v) is 7.24. The van der Waals surface area contributed by atoms with E-state index in [2.05, 4.69) is 24.8 Å². The van der Waals surface area contributed by atoms with Crippen molar-refractivity contribution in [2.24, 2.45) is 5.41 Å². The summed E-state index contributed by atoms with van der Waals surface area (Å²) in [7, 11) is -3.79. The Morgan fingerprint density at radius 3 is 2.44 bits per heavy atom. The minimum atomic E-state index is -3.79. The molecule has 3 heterocycles. The summed E-state index contributed by atoms with van der Waals surface area (Å²) in [6, 6.07) is 6.10. The van der Waals surface area contributed by atoms with Gasteiger partial charge in [0.2, 0.25) is 10.0 Å². The first kappa shape index (κ1) is 26.6. The number of ether oxygens (including phenoxy) is 2. The third kappa shape index (κ3) is 5.61. The molecule has 3 saturated heterocycles. The van der Waals surface area contributed by atoms with Gasteiger partial charge in [-0.2, -0.15) is 4.31 Å². The van der Waals surface area contributed by atoms with Crippen LogP contribution in [0.1, 0.15) is 30.4 Å². The van der Waals surface area contributed by atoms with Crippen molar-refractivity contribution in [3.63, 3.8) is 0 Å². The number of sulfonamides is 1. The molecule has 36 heavy (non-hydrogen) atoms. The number of amides is 2. The fourth-order valence-electron chi connectivity index (χ4n) is 5.22. The van der Waals surface area contributed by atoms with E-state index in [4.69, 9.17) is 9.47 Å². The lowest BCUT2D eigenvalue weighted by molar-refractivity contribution is -0.141. The number of aryl methyl sites for hydroxylation is 1. The van der Waals surface area contributed by atoms with Crippen LogP contribution in [0.2, 0.25) is 0 Å². The zero-order valence-electron chi connectivity index (χ0n) is 20.9. The van der Waals surface area contributed by atoms with Gasteiger partial charge in [0.25, 0.3) is 5.91 Å². The molecule has 1 atom stereocenters. The Morgan fingerprint density at radius 2 is 1.83 bits per heavy atom. The van der Waals surface area contributed by atoms with E-state index in [9.17, 15) is 23.2 Å². The van der Waals surface area contributed by atoms with Crippen LogP contribution < -0.4 is 10.4 Å². The van der Waals surface area contributed by atoms with Crippen LogP contribution >= 0.6 is 0 Å². The second kappa shape index (κ2) is 10.9. The highest BCUT2D eigenvalue weighted by atomic mass is 32.2. The maximum absolute atomic E-state index is 13.4. The van der Waals surface area contributed by atoms with Gasteiger partial charge in [0.15, 0.2) is 0 Å². The molecule has 0 unspecified atom stereocenters. The van der Waals surface area contributed by atoms with Crippen molar-refractivity contribution >= 4 is 27.7 Å². The third-order valence-corrected chi connectivity index (χ3v) is 9.79. The van der Waals surface area contributed by atoms with E-state index in [1.54, 1.807) is 5.48 Å². The van der Waals surface area contributed by atoms with Gasteiger partial charge in [0, 0.05) is 51.4 Å². The van der Waals surface area contributed by atoms with Gasteiger partial charge in [-0.25, -0.2) is 18.7 Å². The van der Waals surface area contributed by atoms with Gasteiger partial charge in [0.05, 0.1) is 24.4 Å². The number of rotatable bonds is 6. The zero-order chi connectivity index (χ0) is 25.9. The summed E-state index contributed by atoms with van der Waals surface area (Å²) in [5, 5.41) is 9.40. The van der Waals surface area contributed by atoms with E-state index >= 15 is 0 Å². The van der Waals surface area contributed by atoms with Crippen molar-refractivity contribution in [1.82, 2.24) is 14.7 Å². The Balaban J connectivity index is 1.38. The Kier molecular flexibility index (Phi) is 8.08. The van der Waals surface area contributed by atoms with E-state index in [1.807, 2.05) is 12.1 Å². The number of hydrogen-bond donors (Lipinski definition) is 2. The molecule has 4 rings (SSSR count). The van der Waals surface area contributed by atoms with Gasteiger partial charge >= 0.3 is 6.09 Å². The standard InChI is InChI=1S/C24H36N4O7S/c1-18-4-3-5-21(19(18)2)26-11-13-28(14-12-26)36(32,33)17-24(22(29)25-31)7-9-27(10-8-24)23(30)35-20-6-15-34-16-20/h3-5,20,31H,6-17H2,1-2H3,(H,25,29)/t20-/m0/s1. The summed E-state index contributed by atoms with van der Waals surface area (Å²) in [5.41, 5.74) is 3.80. The number of nitrogens with one attached hydrogen (secondary N) is 1. The van der Waals surface area contributed by atoms with Gasteiger partial charge in [-0.05, 0) is 43.9 Å². The van der Waals surface area contributed by atoms with E-state index < -0.39 is 33.2 Å². The molecule has 0 aliphatic carbocycles. The topological polar surface area (TPSA) is 129 Å². The molecule has 0 spiro atoms. The van der Waals surface area contributed by atoms with Crippen molar-refractivity contribution in [3.05, 3.63) is 29.3 Å². The van der Waals surface area contributed by atoms with Crippen molar-refractivity contribution < 1.29 is 32.7 Å². The Hall–Kier alpha value is -2.41. The molecule has 11 nitrogen and oxygen atoms in total. The molecule has 3 aliphatic rings. The number of hydroxylamine groups is 1. The number of likely N-dealkylation sites (tertiary alicyclic amines) is 1. The van der Waals surface area contributed by atoms with Crippen LogP contribution in [-0.2, 0) is 24.3 Å². The fraction of sp³-hybridized carbons (Fsp3) is 0.667. The van der Waals surface area contributed by atoms with E-state index in [0.717, 1.165) is 5.69 Å². The lowest BCUT2D eigenvalue weighted by atomic mass is 9.79. The molecule has 0 bridgehead atoms. The van der Waals surface area contributed by atoms with Crippen molar-refractivity contribution in [2.45, 2.75) is 39.2 Å². The number of piperazine rings is 1. The second-order valence-corrected chi connectivity index (χ2v) is 11.9.